The van der Waals surface area contributed by atoms with E-state index in [1.165, 1.54) is 12.1 Å². The number of hydrogen-bond donors (Lipinski definition) is 0. The third kappa shape index (κ3) is 4.73. The summed E-state index contributed by atoms with van der Waals surface area (Å²) in [6.07, 6.45) is 1.77. The van der Waals surface area contributed by atoms with Crippen molar-refractivity contribution in [1.29, 1.82) is 0 Å². The molecule has 0 spiro atoms. The summed E-state index contributed by atoms with van der Waals surface area (Å²) >= 11 is 0. The molecular weight excluding hydrogens is 466 g/mol. The fraction of sp³-hybridized carbons (Fsp3) is 0.222. The minimum Gasteiger partial charge on any atom is -0.490 e. The number of carbonyl (C=O) groups is 1. The zero-order chi connectivity index (χ0) is 25.1. The van der Waals surface area contributed by atoms with Crippen molar-refractivity contribution >= 4 is 17.5 Å². The molecule has 0 atom stereocenters. The van der Waals surface area contributed by atoms with E-state index in [2.05, 4.69) is 0 Å². The highest BCUT2D eigenvalue weighted by atomic mass is 16.7. The lowest BCUT2D eigenvalue weighted by atomic mass is 9.98. The van der Waals surface area contributed by atoms with Crippen LogP contribution in [0.2, 0.25) is 0 Å². The Morgan fingerprint density at radius 3 is 2.72 bits per heavy atom. The topological polar surface area (TPSA) is 106 Å². The molecule has 0 aromatic heterocycles. The van der Waals surface area contributed by atoms with E-state index in [1.807, 2.05) is 19.1 Å². The Morgan fingerprint density at radius 2 is 1.89 bits per heavy atom. The van der Waals surface area contributed by atoms with E-state index in [0.29, 0.717) is 51.9 Å². The van der Waals surface area contributed by atoms with Gasteiger partial charge in [0.2, 0.25) is 0 Å². The quantitative estimate of drug-likeness (QED) is 0.256. The standard InChI is InChI=1S/C27H23NO8/c1-2-33-25-10-17(9-18-14-34-23-6-4-3-5-22(23)26(18)29)7-8-24(25)35-15-20-12-21(28(30)31)11-19-13-32-16-36-27(19)20/h3-12H,2,13-16H2,1H3/b18-9+. The molecule has 2 aliphatic heterocycles. The molecule has 5 rings (SSSR count). The number of non-ortho nitro benzene ring substituents is 1. The van der Waals surface area contributed by atoms with Gasteiger partial charge in [-0.1, -0.05) is 18.2 Å². The van der Waals surface area contributed by atoms with Crippen LogP contribution in [0.1, 0.15) is 34.0 Å². The van der Waals surface area contributed by atoms with Gasteiger partial charge in [-0.25, -0.2) is 0 Å². The molecule has 9 nitrogen and oxygen atoms in total. The first-order valence-corrected chi connectivity index (χ1v) is 11.4. The zero-order valence-electron chi connectivity index (χ0n) is 19.5. The Morgan fingerprint density at radius 1 is 1.03 bits per heavy atom. The van der Waals surface area contributed by atoms with Gasteiger partial charge in [-0.3, -0.25) is 14.9 Å². The van der Waals surface area contributed by atoms with E-state index in [1.54, 1.807) is 36.4 Å². The molecule has 0 aliphatic carbocycles. The number of para-hydroxylation sites is 1. The maximum Gasteiger partial charge on any atom is 0.270 e. The predicted octanol–water partition coefficient (Wildman–Crippen LogP) is 5.10. The smallest absolute Gasteiger partial charge is 0.270 e. The number of rotatable bonds is 7. The number of Topliss-reactive ketones (excluding diaryl/α,β-unsaturated/α-hetero) is 1. The molecule has 0 bridgehead atoms. The van der Waals surface area contributed by atoms with E-state index < -0.39 is 4.92 Å². The molecule has 0 saturated heterocycles. The van der Waals surface area contributed by atoms with Crippen LogP contribution in [0.4, 0.5) is 5.69 Å². The zero-order valence-corrected chi connectivity index (χ0v) is 19.5. The highest BCUT2D eigenvalue weighted by molar-refractivity contribution is 6.14. The molecule has 3 aromatic rings. The van der Waals surface area contributed by atoms with Gasteiger partial charge < -0.3 is 23.7 Å². The largest absolute Gasteiger partial charge is 0.490 e. The number of ether oxygens (including phenoxy) is 5. The number of hydrogen-bond acceptors (Lipinski definition) is 8. The molecule has 0 saturated carbocycles. The van der Waals surface area contributed by atoms with Crippen LogP contribution in [0.3, 0.4) is 0 Å². The van der Waals surface area contributed by atoms with Crippen LogP contribution in [0, 0.1) is 10.1 Å². The lowest BCUT2D eigenvalue weighted by Gasteiger charge is -2.21. The Balaban J connectivity index is 1.39. The summed E-state index contributed by atoms with van der Waals surface area (Å²) in [5, 5.41) is 11.4. The van der Waals surface area contributed by atoms with Gasteiger partial charge in [0.25, 0.3) is 5.69 Å². The second-order valence-electron chi connectivity index (χ2n) is 8.17. The van der Waals surface area contributed by atoms with Crippen LogP contribution in [0.25, 0.3) is 6.08 Å². The van der Waals surface area contributed by atoms with Crippen molar-refractivity contribution in [3.8, 4) is 23.0 Å². The van der Waals surface area contributed by atoms with Crippen LogP contribution in [-0.4, -0.2) is 30.7 Å². The maximum absolute atomic E-state index is 12.9. The average Bonchev–Trinajstić information content (AvgIpc) is 2.90. The van der Waals surface area contributed by atoms with Gasteiger partial charge in [0.1, 0.15) is 24.7 Å². The summed E-state index contributed by atoms with van der Waals surface area (Å²) in [6, 6.07) is 15.4. The normalized spacial score (nSPS) is 15.4. The van der Waals surface area contributed by atoms with Gasteiger partial charge in [0.05, 0.1) is 23.7 Å². The molecular formula is C27H23NO8. The van der Waals surface area contributed by atoms with Crippen LogP contribution in [0.15, 0.2) is 60.2 Å². The fourth-order valence-electron chi connectivity index (χ4n) is 4.13. The second kappa shape index (κ2) is 10.1. The number of nitro benzene ring substituents is 1. The van der Waals surface area contributed by atoms with Crippen LogP contribution in [0.5, 0.6) is 23.0 Å². The number of nitro groups is 1. The van der Waals surface area contributed by atoms with Gasteiger partial charge in [-0.05, 0) is 42.8 Å². The SMILES string of the molecule is CCOc1cc(/C=C2\COc3ccccc3C2=O)ccc1OCc1cc([N+](=O)[O-])cc2c1OCOC2. The molecule has 0 amide bonds. The molecule has 3 aromatic carbocycles. The summed E-state index contributed by atoms with van der Waals surface area (Å²) in [4.78, 5) is 23.8. The molecule has 0 N–H and O–H groups in total. The van der Waals surface area contributed by atoms with E-state index in [4.69, 9.17) is 23.7 Å². The van der Waals surface area contributed by atoms with Crippen molar-refractivity contribution < 1.29 is 33.4 Å². The Labute approximate surface area is 207 Å². The lowest BCUT2D eigenvalue weighted by Crippen LogP contribution is -2.18. The first kappa shape index (κ1) is 23.4. The van der Waals surface area contributed by atoms with Crippen molar-refractivity contribution in [3.63, 3.8) is 0 Å². The summed E-state index contributed by atoms with van der Waals surface area (Å²) in [6.45, 7) is 2.77. The van der Waals surface area contributed by atoms with E-state index in [9.17, 15) is 14.9 Å². The summed E-state index contributed by atoms with van der Waals surface area (Å²) in [5.41, 5.74) is 2.90. The third-order valence-corrected chi connectivity index (χ3v) is 5.78. The minimum atomic E-state index is -0.457. The van der Waals surface area contributed by atoms with E-state index >= 15 is 0 Å². The highest BCUT2D eigenvalue weighted by Gasteiger charge is 2.24. The van der Waals surface area contributed by atoms with Gasteiger partial charge in [-0.15, -0.1) is 0 Å². The molecule has 0 radical (unpaired) electrons. The maximum atomic E-state index is 12.9. The minimum absolute atomic E-state index is 0.0354. The van der Waals surface area contributed by atoms with Gasteiger partial charge >= 0.3 is 0 Å². The number of nitrogens with zero attached hydrogens (tertiary/aromatic N) is 1. The molecule has 184 valence electrons. The molecule has 0 unspecified atom stereocenters. The number of fused-ring (bicyclic) bond motifs is 2. The first-order valence-electron chi connectivity index (χ1n) is 11.4. The Kier molecular flexibility index (Phi) is 6.55. The van der Waals surface area contributed by atoms with Crippen LogP contribution >= 0.6 is 0 Å². The van der Waals surface area contributed by atoms with Crippen molar-refractivity contribution in [3.05, 3.63) is 92.5 Å². The van der Waals surface area contributed by atoms with Gasteiger partial charge in [-0.2, -0.15) is 0 Å². The predicted molar refractivity (Wildman–Crippen MR) is 130 cm³/mol. The Hall–Kier alpha value is -4.37. The summed E-state index contributed by atoms with van der Waals surface area (Å²) < 4.78 is 28.4. The molecule has 36 heavy (non-hydrogen) atoms. The van der Waals surface area contributed by atoms with Crippen molar-refractivity contribution in [2.45, 2.75) is 20.1 Å². The Bertz CT molecular complexity index is 1360. The lowest BCUT2D eigenvalue weighted by molar-refractivity contribution is -0.385. The fourth-order valence-corrected chi connectivity index (χ4v) is 4.13. The second-order valence-corrected chi connectivity index (χ2v) is 8.17. The molecule has 2 heterocycles. The highest BCUT2D eigenvalue weighted by Crippen LogP contribution is 2.36. The molecule has 0 fully saturated rings. The van der Waals surface area contributed by atoms with E-state index in [-0.39, 0.29) is 38.1 Å². The van der Waals surface area contributed by atoms with Crippen molar-refractivity contribution in [1.82, 2.24) is 0 Å². The number of benzene rings is 3. The number of ketones is 1. The van der Waals surface area contributed by atoms with Crippen molar-refractivity contribution in [2.24, 2.45) is 0 Å². The molecule has 2 aliphatic rings. The first-order chi connectivity index (χ1) is 17.5. The van der Waals surface area contributed by atoms with Gasteiger partial charge in [0, 0.05) is 28.8 Å². The summed E-state index contributed by atoms with van der Waals surface area (Å²) in [5.74, 6) is 1.98. The van der Waals surface area contributed by atoms with Crippen LogP contribution < -0.4 is 18.9 Å². The van der Waals surface area contributed by atoms with E-state index in [0.717, 1.165) is 5.56 Å². The number of carbonyl (C=O) groups excluding carboxylic acids is 1. The van der Waals surface area contributed by atoms with Crippen molar-refractivity contribution in [2.75, 3.05) is 20.0 Å². The molecule has 9 heteroatoms. The van der Waals surface area contributed by atoms with Crippen LogP contribution in [-0.2, 0) is 18.0 Å². The third-order valence-electron chi connectivity index (χ3n) is 5.78. The summed E-state index contributed by atoms with van der Waals surface area (Å²) in [7, 11) is 0. The monoisotopic (exact) mass is 489 g/mol. The van der Waals surface area contributed by atoms with Gasteiger partial charge in [0.15, 0.2) is 24.1 Å². The average molecular weight is 489 g/mol.